The van der Waals surface area contributed by atoms with E-state index >= 15 is 0 Å². The van der Waals surface area contributed by atoms with Crippen molar-refractivity contribution in [3.05, 3.63) is 35.4 Å². The minimum atomic E-state index is -0.0267. The Morgan fingerprint density at radius 3 is 2.68 bits per heavy atom. The lowest BCUT2D eigenvalue weighted by atomic mass is 9.99. The highest BCUT2D eigenvalue weighted by atomic mass is 16.5. The number of benzene rings is 1. The van der Waals surface area contributed by atoms with Gasteiger partial charge in [0.25, 0.3) is 5.91 Å². The van der Waals surface area contributed by atoms with Crippen molar-refractivity contribution in [1.82, 2.24) is 4.90 Å². The molecule has 4 heteroatoms. The second-order valence-electron chi connectivity index (χ2n) is 4.62. The third-order valence-electron chi connectivity index (χ3n) is 3.49. The van der Waals surface area contributed by atoms with Crippen LogP contribution in [0.1, 0.15) is 35.4 Å². The maximum Gasteiger partial charge on any atom is 0.254 e. The summed E-state index contributed by atoms with van der Waals surface area (Å²) in [5.74, 6) is 0.0781. The molecule has 1 saturated heterocycles. The van der Waals surface area contributed by atoms with Gasteiger partial charge in [0.05, 0.1) is 19.3 Å². The third kappa shape index (κ3) is 3.14. The van der Waals surface area contributed by atoms with Crippen molar-refractivity contribution in [2.24, 2.45) is 0 Å². The number of hydrogen-bond acceptors (Lipinski definition) is 3. The summed E-state index contributed by atoms with van der Waals surface area (Å²) in [6.07, 6.45) is 0.824. The van der Waals surface area contributed by atoms with Crippen molar-refractivity contribution in [2.75, 3.05) is 33.4 Å². The van der Waals surface area contributed by atoms with Gasteiger partial charge in [0.15, 0.2) is 0 Å². The van der Waals surface area contributed by atoms with Crippen molar-refractivity contribution in [3.63, 3.8) is 0 Å². The monoisotopic (exact) mass is 263 g/mol. The molecule has 0 saturated carbocycles. The van der Waals surface area contributed by atoms with Crippen LogP contribution in [0, 0.1) is 0 Å². The first-order chi connectivity index (χ1) is 9.27. The van der Waals surface area contributed by atoms with E-state index in [1.54, 1.807) is 7.11 Å². The lowest BCUT2D eigenvalue weighted by molar-refractivity contribution is 0.0297. The Bertz CT molecular complexity index is 423. The van der Waals surface area contributed by atoms with Crippen molar-refractivity contribution in [2.45, 2.75) is 19.4 Å². The van der Waals surface area contributed by atoms with Crippen LogP contribution in [0.4, 0.5) is 0 Å². The molecule has 1 aromatic carbocycles. The average Bonchev–Trinajstić information content (AvgIpc) is 2.49. The topological polar surface area (TPSA) is 38.8 Å². The highest BCUT2D eigenvalue weighted by molar-refractivity contribution is 5.95. The Morgan fingerprint density at radius 2 is 2.05 bits per heavy atom. The molecule has 1 aliphatic heterocycles. The molecule has 104 valence electrons. The first-order valence-electron chi connectivity index (χ1n) is 6.76. The number of carbonyl (C=O) groups excluding carboxylic acids is 1. The SMILES string of the molecule is CCC(OC)c1ccccc1C(=O)N1CCOCC1. The normalized spacial score (nSPS) is 17.3. The van der Waals surface area contributed by atoms with E-state index in [1.807, 2.05) is 29.2 Å². The summed E-state index contributed by atoms with van der Waals surface area (Å²) in [6, 6.07) is 7.72. The Kier molecular flexibility index (Phi) is 4.93. The van der Waals surface area contributed by atoms with Crippen molar-refractivity contribution in [1.29, 1.82) is 0 Å². The number of morpholine rings is 1. The van der Waals surface area contributed by atoms with Crippen LogP contribution < -0.4 is 0 Å². The van der Waals surface area contributed by atoms with Gasteiger partial charge >= 0.3 is 0 Å². The lowest BCUT2D eigenvalue weighted by Gasteiger charge is -2.28. The van der Waals surface area contributed by atoms with Crippen LogP contribution in [0.3, 0.4) is 0 Å². The molecule has 0 aromatic heterocycles. The van der Waals surface area contributed by atoms with Gasteiger partial charge in [0, 0.05) is 25.8 Å². The number of hydrogen-bond donors (Lipinski definition) is 0. The fourth-order valence-corrected chi connectivity index (χ4v) is 2.42. The molecule has 1 atom stereocenters. The second-order valence-corrected chi connectivity index (χ2v) is 4.62. The van der Waals surface area contributed by atoms with Gasteiger partial charge in [-0.25, -0.2) is 0 Å². The number of amides is 1. The molecule has 1 unspecified atom stereocenters. The van der Waals surface area contributed by atoms with Gasteiger partial charge in [-0.1, -0.05) is 25.1 Å². The van der Waals surface area contributed by atoms with Gasteiger partial charge in [-0.05, 0) is 18.1 Å². The summed E-state index contributed by atoms with van der Waals surface area (Å²) in [5, 5.41) is 0. The molecule has 1 fully saturated rings. The zero-order valence-corrected chi connectivity index (χ0v) is 11.6. The molecular weight excluding hydrogens is 242 g/mol. The van der Waals surface area contributed by atoms with E-state index in [9.17, 15) is 4.79 Å². The molecule has 1 aliphatic rings. The second kappa shape index (κ2) is 6.68. The van der Waals surface area contributed by atoms with Crippen molar-refractivity contribution < 1.29 is 14.3 Å². The smallest absolute Gasteiger partial charge is 0.254 e. The predicted molar refractivity (Wildman–Crippen MR) is 73.2 cm³/mol. The highest BCUT2D eigenvalue weighted by Gasteiger charge is 2.23. The molecule has 19 heavy (non-hydrogen) atoms. The van der Waals surface area contributed by atoms with E-state index in [0.717, 1.165) is 17.5 Å². The minimum absolute atomic E-state index is 0.0267. The number of nitrogens with zero attached hydrogens (tertiary/aromatic N) is 1. The molecule has 1 heterocycles. The minimum Gasteiger partial charge on any atom is -0.378 e. The van der Waals surface area contributed by atoms with E-state index < -0.39 is 0 Å². The highest BCUT2D eigenvalue weighted by Crippen LogP contribution is 2.25. The Morgan fingerprint density at radius 1 is 1.37 bits per heavy atom. The maximum absolute atomic E-state index is 12.6. The van der Waals surface area contributed by atoms with E-state index in [1.165, 1.54) is 0 Å². The quantitative estimate of drug-likeness (QED) is 0.836. The molecule has 0 N–H and O–H groups in total. The number of ether oxygens (including phenoxy) is 2. The number of carbonyl (C=O) groups is 1. The Balaban J connectivity index is 2.25. The van der Waals surface area contributed by atoms with Gasteiger partial charge in [0.1, 0.15) is 0 Å². The zero-order valence-electron chi connectivity index (χ0n) is 11.6. The molecule has 1 aromatic rings. The van der Waals surface area contributed by atoms with E-state index in [0.29, 0.717) is 26.3 Å². The summed E-state index contributed by atoms with van der Waals surface area (Å²) in [5.41, 5.74) is 1.72. The first-order valence-corrected chi connectivity index (χ1v) is 6.76. The van der Waals surface area contributed by atoms with Crippen LogP contribution in [0.25, 0.3) is 0 Å². The summed E-state index contributed by atoms with van der Waals surface area (Å²) < 4.78 is 10.8. The van der Waals surface area contributed by atoms with Gasteiger partial charge < -0.3 is 14.4 Å². The van der Waals surface area contributed by atoms with Gasteiger partial charge in [-0.2, -0.15) is 0 Å². The van der Waals surface area contributed by atoms with E-state index in [-0.39, 0.29) is 12.0 Å². The maximum atomic E-state index is 12.6. The van der Waals surface area contributed by atoms with Crippen LogP contribution in [-0.4, -0.2) is 44.2 Å². The van der Waals surface area contributed by atoms with Crippen LogP contribution >= 0.6 is 0 Å². The van der Waals surface area contributed by atoms with Crippen LogP contribution in [0.15, 0.2) is 24.3 Å². The average molecular weight is 263 g/mol. The third-order valence-corrected chi connectivity index (χ3v) is 3.49. The summed E-state index contributed by atoms with van der Waals surface area (Å²) in [6.45, 7) is 4.63. The summed E-state index contributed by atoms with van der Waals surface area (Å²) >= 11 is 0. The summed E-state index contributed by atoms with van der Waals surface area (Å²) in [7, 11) is 1.68. The van der Waals surface area contributed by atoms with E-state index in [2.05, 4.69) is 6.92 Å². The van der Waals surface area contributed by atoms with Crippen LogP contribution in [-0.2, 0) is 9.47 Å². The van der Waals surface area contributed by atoms with Gasteiger partial charge in [-0.15, -0.1) is 0 Å². The molecule has 0 bridgehead atoms. The number of rotatable bonds is 4. The van der Waals surface area contributed by atoms with Crippen LogP contribution in [0.5, 0.6) is 0 Å². The molecule has 2 rings (SSSR count). The fraction of sp³-hybridized carbons (Fsp3) is 0.533. The number of methoxy groups -OCH3 is 1. The van der Waals surface area contributed by atoms with Gasteiger partial charge in [0.2, 0.25) is 0 Å². The first kappa shape index (κ1) is 14.0. The van der Waals surface area contributed by atoms with Gasteiger partial charge in [-0.3, -0.25) is 4.79 Å². The molecule has 4 nitrogen and oxygen atoms in total. The molecule has 1 amide bonds. The van der Waals surface area contributed by atoms with Crippen molar-refractivity contribution in [3.8, 4) is 0 Å². The van der Waals surface area contributed by atoms with E-state index in [4.69, 9.17) is 9.47 Å². The molecule has 0 radical (unpaired) electrons. The Labute approximate surface area is 114 Å². The largest absolute Gasteiger partial charge is 0.378 e. The molecule has 0 aliphatic carbocycles. The Hall–Kier alpha value is -1.39. The molecular formula is C15H21NO3. The lowest BCUT2D eigenvalue weighted by Crippen LogP contribution is -2.41. The predicted octanol–water partition coefficient (Wildman–Crippen LogP) is 2.26. The van der Waals surface area contributed by atoms with Crippen molar-refractivity contribution >= 4 is 5.91 Å². The fourth-order valence-electron chi connectivity index (χ4n) is 2.42. The molecule has 0 spiro atoms. The zero-order chi connectivity index (χ0) is 13.7. The summed E-state index contributed by atoms with van der Waals surface area (Å²) in [4.78, 5) is 14.4. The van der Waals surface area contributed by atoms with Crippen LogP contribution in [0.2, 0.25) is 0 Å². The standard InChI is InChI=1S/C15H21NO3/c1-3-14(18-2)12-6-4-5-7-13(12)15(17)16-8-10-19-11-9-16/h4-7,14H,3,8-11H2,1-2H3.